The van der Waals surface area contributed by atoms with Crippen molar-refractivity contribution >= 4 is 17.3 Å². The van der Waals surface area contributed by atoms with Crippen LogP contribution in [0, 0.1) is 11.3 Å². The van der Waals surface area contributed by atoms with Crippen LogP contribution in [0.2, 0.25) is 5.02 Å². The molecule has 3 heteroatoms. The van der Waals surface area contributed by atoms with E-state index >= 15 is 0 Å². The third-order valence-corrected chi connectivity index (χ3v) is 4.35. The van der Waals surface area contributed by atoms with Crippen molar-refractivity contribution in [2.45, 2.75) is 25.8 Å². The van der Waals surface area contributed by atoms with Crippen LogP contribution in [0.15, 0.2) is 42.5 Å². The minimum absolute atomic E-state index is 0.611. The number of halogens is 1. The lowest BCUT2D eigenvalue weighted by atomic mass is 10.1. The monoisotopic (exact) mass is 296 g/mol. The fourth-order valence-electron chi connectivity index (χ4n) is 2.88. The summed E-state index contributed by atoms with van der Waals surface area (Å²) < 4.78 is 0. The molecule has 3 rings (SSSR count). The topological polar surface area (TPSA) is 27.0 Å². The Morgan fingerprint density at radius 1 is 1.14 bits per heavy atom. The van der Waals surface area contributed by atoms with Gasteiger partial charge in [0, 0.05) is 23.8 Å². The van der Waals surface area contributed by atoms with Crippen molar-refractivity contribution in [1.29, 1.82) is 5.26 Å². The Morgan fingerprint density at radius 3 is 2.81 bits per heavy atom. The van der Waals surface area contributed by atoms with Crippen LogP contribution in [0.25, 0.3) is 0 Å². The van der Waals surface area contributed by atoms with Gasteiger partial charge in [0.25, 0.3) is 0 Å². The average molecular weight is 297 g/mol. The van der Waals surface area contributed by atoms with Gasteiger partial charge in [-0.15, -0.1) is 0 Å². The summed E-state index contributed by atoms with van der Waals surface area (Å²) in [6, 6.07) is 16.3. The molecule has 0 aliphatic carbocycles. The summed E-state index contributed by atoms with van der Waals surface area (Å²) in [7, 11) is 0. The van der Waals surface area contributed by atoms with Crippen LogP contribution in [0.4, 0.5) is 5.69 Å². The normalized spacial score (nSPS) is 14.2. The van der Waals surface area contributed by atoms with Crippen LogP contribution < -0.4 is 4.90 Å². The van der Waals surface area contributed by atoms with Gasteiger partial charge in [-0.1, -0.05) is 35.9 Å². The molecule has 0 fully saturated rings. The van der Waals surface area contributed by atoms with E-state index in [0.29, 0.717) is 10.6 Å². The van der Waals surface area contributed by atoms with E-state index in [1.165, 1.54) is 24.1 Å². The highest BCUT2D eigenvalue weighted by atomic mass is 35.5. The fraction of sp³-hybridized carbons (Fsp3) is 0.278. The number of aryl methyl sites for hydroxylation is 1. The molecule has 2 aromatic carbocycles. The van der Waals surface area contributed by atoms with Gasteiger partial charge in [0.05, 0.1) is 11.6 Å². The molecule has 1 aliphatic heterocycles. The van der Waals surface area contributed by atoms with Crippen molar-refractivity contribution in [3.63, 3.8) is 0 Å². The van der Waals surface area contributed by atoms with Crippen molar-refractivity contribution in [3.05, 3.63) is 64.2 Å². The van der Waals surface area contributed by atoms with Crippen LogP contribution in [-0.4, -0.2) is 6.54 Å². The number of nitrogens with zero attached hydrogens (tertiary/aromatic N) is 2. The lowest BCUT2D eigenvalue weighted by Crippen LogP contribution is -2.23. The molecule has 0 radical (unpaired) electrons. The van der Waals surface area contributed by atoms with Gasteiger partial charge >= 0.3 is 0 Å². The lowest BCUT2D eigenvalue weighted by molar-refractivity contribution is 0.714. The highest BCUT2D eigenvalue weighted by molar-refractivity contribution is 6.31. The quantitative estimate of drug-likeness (QED) is 0.812. The predicted octanol–water partition coefficient (Wildman–Crippen LogP) is 4.55. The SMILES string of the molecule is N#Cc1ccc(CN2CCCCc3ccccc32)c(Cl)c1. The zero-order valence-electron chi connectivity index (χ0n) is 11.8. The first-order valence-electron chi connectivity index (χ1n) is 7.29. The van der Waals surface area contributed by atoms with Crippen molar-refractivity contribution in [2.24, 2.45) is 0 Å². The molecule has 0 aromatic heterocycles. The molecule has 1 heterocycles. The number of benzene rings is 2. The maximum absolute atomic E-state index is 8.92. The summed E-state index contributed by atoms with van der Waals surface area (Å²) in [5, 5.41) is 9.60. The minimum atomic E-state index is 0.611. The van der Waals surface area contributed by atoms with E-state index in [1.54, 1.807) is 6.07 Å². The first-order valence-corrected chi connectivity index (χ1v) is 7.67. The van der Waals surface area contributed by atoms with Crippen LogP contribution >= 0.6 is 11.6 Å². The average Bonchev–Trinajstić information content (AvgIpc) is 2.72. The van der Waals surface area contributed by atoms with Crippen molar-refractivity contribution in [3.8, 4) is 6.07 Å². The Kier molecular flexibility index (Phi) is 4.13. The molecule has 0 unspecified atom stereocenters. The largest absolute Gasteiger partial charge is 0.367 e. The second-order valence-corrected chi connectivity index (χ2v) is 5.83. The fourth-order valence-corrected chi connectivity index (χ4v) is 3.12. The molecule has 21 heavy (non-hydrogen) atoms. The Hall–Kier alpha value is -1.98. The van der Waals surface area contributed by atoms with Gasteiger partial charge in [-0.05, 0) is 48.6 Å². The summed E-state index contributed by atoms with van der Waals surface area (Å²) in [5.74, 6) is 0. The molecule has 106 valence electrons. The summed E-state index contributed by atoms with van der Waals surface area (Å²) in [6.07, 6.45) is 3.57. The molecule has 0 N–H and O–H groups in total. The number of rotatable bonds is 2. The number of fused-ring (bicyclic) bond motifs is 1. The molecule has 0 saturated carbocycles. The summed E-state index contributed by atoms with van der Waals surface area (Å²) in [6.45, 7) is 1.84. The molecule has 0 spiro atoms. The second kappa shape index (κ2) is 6.20. The van der Waals surface area contributed by atoms with Gasteiger partial charge in [-0.2, -0.15) is 5.26 Å². The van der Waals surface area contributed by atoms with E-state index in [0.717, 1.165) is 25.1 Å². The highest BCUT2D eigenvalue weighted by Gasteiger charge is 2.16. The first kappa shape index (κ1) is 14.0. The van der Waals surface area contributed by atoms with Gasteiger partial charge in [0.15, 0.2) is 0 Å². The lowest BCUT2D eigenvalue weighted by Gasteiger charge is -2.25. The number of hydrogen-bond acceptors (Lipinski definition) is 2. The Labute approximate surface area is 130 Å². The number of para-hydroxylation sites is 1. The summed E-state index contributed by atoms with van der Waals surface area (Å²) >= 11 is 6.32. The van der Waals surface area contributed by atoms with Gasteiger partial charge in [0.1, 0.15) is 0 Å². The molecular formula is C18H17ClN2. The third-order valence-electron chi connectivity index (χ3n) is 4.00. The van der Waals surface area contributed by atoms with Crippen LogP contribution in [0.1, 0.15) is 29.5 Å². The summed E-state index contributed by atoms with van der Waals surface area (Å²) in [5.41, 5.74) is 4.42. The second-order valence-electron chi connectivity index (χ2n) is 5.43. The van der Waals surface area contributed by atoms with Gasteiger partial charge < -0.3 is 4.90 Å². The minimum Gasteiger partial charge on any atom is -0.367 e. The molecule has 0 amide bonds. The van der Waals surface area contributed by atoms with Crippen LogP contribution in [0.5, 0.6) is 0 Å². The third kappa shape index (κ3) is 3.04. The maximum atomic E-state index is 8.92. The van der Waals surface area contributed by atoms with E-state index in [9.17, 15) is 0 Å². The molecule has 0 saturated heterocycles. The van der Waals surface area contributed by atoms with E-state index in [1.807, 2.05) is 12.1 Å². The maximum Gasteiger partial charge on any atom is 0.0992 e. The molecule has 2 nitrogen and oxygen atoms in total. The standard InChI is InChI=1S/C18H17ClN2/c19-17-11-14(12-20)8-9-16(17)13-21-10-4-3-6-15-5-1-2-7-18(15)21/h1-2,5,7-9,11H,3-4,6,10,13H2. The molecule has 1 aliphatic rings. The Morgan fingerprint density at radius 2 is 2.00 bits per heavy atom. The highest BCUT2D eigenvalue weighted by Crippen LogP contribution is 2.29. The van der Waals surface area contributed by atoms with Crippen LogP contribution in [-0.2, 0) is 13.0 Å². The van der Waals surface area contributed by atoms with Crippen LogP contribution in [0.3, 0.4) is 0 Å². The van der Waals surface area contributed by atoms with Gasteiger partial charge in [-0.3, -0.25) is 0 Å². The summed E-state index contributed by atoms with van der Waals surface area (Å²) in [4.78, 5) is 2.40. The Bertz CT molecular complexity index is 688. The molecule has 0 bridgehead atoms. The van der Waals surface area contributed by atoms with E-state index < -0.39 is 0 Å². The first-order chi connectivity index (χ1) is 10.3. The van der Waals surface area contributed by atoms with Gasteiger partial charge in [0.2, 0.25) is 0 Å². The van der Waals surface area contributed by atoms with Gasteiger partial charge in [-0.25, -0.2) is 0 Å². The van der Waals surface area contributed by atoms with Crippen molar-refractivity contribution in [1.82, 2.24) is 0 Å². The molecule has 0 atom stereocenters. The number of anilines is 1. The smallest absolute Gasteiger partial charge is 0.0992 e. The Balaban J connectivity index is 1.90. The zero-order chi connectivity index (χ0) is 14.7. The predicted molar refractivity (Wildman–Crippen MR) is 86.6 cm³/mol. The van der Waals surface area contributed by atoms with Crippen molar-refractivity contribution in [2.75, 3.05) is 11.4 Å². The van der Waals surface area contributed by atoms with Crippen molar-refractivity contribution < 1.29 is 0 Å². The molecule has 2 aromatic rings. The van der Waals surface area contributed by atoms with E-state index in [-0.39, 0.29) is 0 Å². The number of hydrogen-bond donors (Lipinski definition) is 0. The zero-order valence-corrected chi connectivity index (χ0v) is 12.6. The van der Waals surface area contributed by atoms with E-state index in [2.05, 4.69) is 35.2 Å². The molecular weight excluding hydrogens is 280 g/mol. The number of nitriles is 1. The van der Waals surface area contributed by atoms with E-state index in [4.69, 9.17) is 16.9 Å².